The van der Waals surface area contributed by atoms with Crippen LogP contribution >= 0.6 is 22.7 Å². The predicted octanol–water partition coefficient (Wildman–Crippen LogP) is 4.38. The molecule has 0 saturated carbocycles. The molecule has 8 heteroatoms. The molecule has 2 unspecified atom stereocenters. The second kappa shape index (κ2) is 10.3. The SMILES string of the molecule is c1scc2c1OCC(COCCCCCCOCC1COc3cscc3O1)O2. The van der Waals surface area contributed by atoms with Gasteiger partial charge in [-0.2, -0.15) is 0 Å². The van der Waals surface area contributed by atoms with Gasteiger partial charge in [0.1, 0.15) is 13.2 Å². The Labute approximate surface area is 173 Å². The molecule has 0 aliphatic carbocycles. The molecule has 0 radical (unpaired) electrons. The van der Waals surface area contributed by atoms with Crippen molar-refractivity contribution in [2.24, 2.45) is 0 Å². The molecule has 0 spiro atoms. The van der Waals surface area contributed by atoms with Crippen LogP contribution in [0.25, 0.3) is 0 Å². The normalized spacial score (nSPS) is 20.3. The van der Waals surface area contributed by atoms with Crippen molar-refractivity contribution in [3.05, 3.63) is 21.5 Å². The van der Waals surface area contributed by atoms with E-state index in [0.717, 1.165) is 61.9 Å². The minimum Gasteiger partial charge on any atom is -0.485 e. The fourth-order valence-corrected chi connectivity index (χ4v) is 4.42. The van der Waals surface area contributed by atoms with Crippen molar-refractivity contribution in [2.45, 2.75) is 37.9 Å². The molecule has 0 fully saturated rings. The van der Waals surface area contributed by atoms with Crippen molar-refractivity contribution in [1.82, 2.24) is 0 Å². The van der Waals surface area contributed by atoms with Crippen molar-refractivity contribution < 1.29 is 28.4 Å². The van der Waals surface area contributed by atoms with Crippen molar-refractivity contribution in [2.75, 3.05) is 39.6 Å². The van der Waals surface area contributed by atoms with Crippen LogP contribution in [-0.4, -0.2) is 51.8 Å². The van der Waals surface area contributed by atoms with Crippen LogP contribution in [0.2, 0.25) is 0 Å². The average molecular weight is 427 g/mol. The Balaban J connectivity index is 0.957. The first kappa shape index (κ1) is 19.8. The van der Waals surface area contributed by atoms with E-state index >= 15 is 0 Å². The monoisotopic (exact) mass is 426 g/mol. The molecule has 2 aromatic rings. The van der Waals surface area contributed by atoms with Gasteiger partial charge in [-0.05, 0) is 12.8 Å². The van der Waals surface area contributed by atoms with E-state index in [4.69, 9.17) is 28.4 Å². The molecule has 2 aliphatic rings. The highest BCUT2D eigenvalue weighted by atomic mass is 32.1. The lowest BCUT2D eigenvalue weighted by molar-refractivity contribution is 0.00593. The predicted molar refractivity (Wildman–Crippen MR) is 109 cm³/mol. The van der Waals surface area contributed by atoms with Gasteiger partial charge in [-0.3, -0.25) is 0 Å². The topological polar surface area (TPSA) is 55.4 Å². The Kier molecular flexibility index (Phi) is 7.32. The fourth-order valence-electron chi connectivity index (χ4n) is 3.08. The molecular weight excluding hydrogens is 400 g/mol. The second-order valence-corrected chi connectivity index (χ2v) is 8.35. The van der Waals surface area contributed by atoms with E-state index in [2.05, 4.69) is 0 Å². The number of fused-ring (bicyclic) bond motifs is 2. The molecule has 28 heavy (non-hydrogen) atoms. The van der Waals surface area contributed by atoms with Gasteiger partial charge >= 0.3 is 0 Å². The van der Waals surface area contributed by atoms with Crippen LogP contribution in [0, 0.1) is 0 Å². The largest absolute Gasteiger partial charge is 0.485 e. The maximum Gasteiger partial charge on any atom is 0.172 e. The lowest BCUT2D eigenvalue weighted by atomic mass is 10.2. The summed E-state index contributed by atoms with van der Waals surface area (Å²) in [5.74, 6) is 3.38. The molecule has 6 nitrogen and oxygen atoms in total. The van der Waals surface area contributed by atoms with E-state index in [1.165, 1.54) is 0 Å². The van der Waals surface area contributed by atoms with Gasteiger partial charge in [0.25, 0.3) is 0 Å². The number of ether oxygens (including phenoxy) is 6. The molecule has 2 aliphatic heterocycles. The third kappa shape index (κ3) is 5.53. The summed E-state index contributed by atoms with van der Waals surface area (Å²) in [6.07, 6.45) is 4.37. The zero-order chi connectivity index (χ0) is 19.0. The smallest absolute Gasteiger partial charge is 0.172 e. The summed E-state index contributed by atoms with van der Waals surface area (Å²) in [5.41, 5.74) is 0. The summed E-state index contributed by atoms with van der Waals surface area (Å²) in [7, 11) is 0. The first-order valence-electron chi connectivity index (χ1n) is 9.75. The highest BCUT2D eigenvalue weighted by Crippen LogP contribution is 2.36. The fraction of sp³-hybridized carbons (Fsp3) is 0.600. The molecule has 0 bridgehead atoms. The summed E-state index contributed by atoms with van der Waals surface area (Å²) in [4.78, 5) is 0. The summed E-state index contributed by atoms with van der Waals surface area (Å²) < 4.78 is 34.4. The van der Waals surface area contributed by atoms with Crippen LogP contribution in [-0.2, 0) is 9.47 Å². The molecule has 2 aromatic heterocycles. The van der Waals surface area contributed by atoms with Crippen molar-refractivity contribution >= 4 is 22.7 Å². The number of hydrogen-bond acceptors (Lipinski definition) is 8. The van der Waals surface area contributed by atoms with Crippen molar-refractivity contribution in [1.29, 1.82) is 0 Å². The Morgan fingerprint density at radius 3 is 1.64 bits per heavy atom. The Bertz CT molecular complexity index is 655. The third-order valence-electron chi connectivity index (χ3n) is 4.56. The van der Waals surface area contributed by atoms with Gasteiger partial charge < -0.3 is 28.4 Å². The van der Waals surface area contributed by atoms with Crippen LogP contribution < -0.4 is 18.9 Å². The van der Waals surface area contributed by atoms with Crippen molar-refractivity contribution in [3.8, 4) is 23.0 Å². The quantitative estimate of drug-likeness (QED) is 0.497. The molecule has 4 rings (SSSR count). The number of unbranched alkanes of at least 4 members (excludes halogenated alkanes) is 3. The van der Waals surface area contributed by atoms with E-state index in [1.807, 2.05) is 21.5 Å². The number of rotatable bonds is 11. The average Bonchev–Trinajstić information content (AvgIpc) is 3.37. The van der Waals surface area contributed by atoms with E-state index in [1.54, 1.807) is 22.7 Å². The second-order valence-electron chi connectivity index (χ2n) is 6.87. The third-order valence-corrected chi connectivity index (χ3v) is 5.96. The zero-order valence-corrected chi connectivity index (χ0v) is 17.4. The van der Waals surface area contributed by atoms with Gasteiger partial charge in [0.2, 0.25) is 0 Å². The maximum absolute atomic E-state index is 5.83. The van der Waals surface area contributed by atoms with Gasteiger partial charge in [-0.25, -0.2) is 0 Å². The van der Waals surface area contributed by atoms with Crippen LogP contribution in [0.15, 0.2) is 21.5 Å². The van der Waals surface area contributed by atoms with E-state index in [0.29, 0.717) is 26.4 Å². The standard InChI is InChI=1S/C20H26O6S2/c1(3-5-21-7-15-9-23-17-11-27-13-19(17)25-15)2-4-6-22-8-16-10-24-18-12-28-14-20(18)26-16/h11-16H,1-10H2. The minimum absolute atomic E-state index is 0.00774. The van der Waals surface area contributed by atoms with E-state index < -0.39 is 0 Å². The molecule has 0 amide bonds. The highest BCUT2D eigenvalue weighted by molar-refractivity contribution is 7.08. The molecule has 0 aromatic carbocycles. The first-order valence-corrected chi connectivity index (χ1v) is 11.6. The van der Waals surface area contributed by atoms with Gasteiger partial charge in [-0.15, -0.1) is 22.7 Å². The molecular formula is C20H26O6S2. The summed E-state index contributed by atoms with van der Waals surface area (Å²) in [5, 5.41) is 7.86. The van der Waals surface area contributed by atoms with Crippen LogP contribution in [0.3, 0.4) is 0 Å². The van der Waals surface area contributed by atoms with Gasteiger partial charge in [0, 0.05) is 34.7 Å². The zero-order valence-electron chi connectivity index (χ0n) is 15.8. The summed E-state index contributed by atoms with van der Waals surface area (Å²) in [6.45, 7) is 3.79. The number of hydrogen-bond donors (Lipinski definition) is 0. The van der Waals surface area contributed by atoms with Gasteiger partial charge in [0.05, 0.1) is 13.2 Å². The van der Waals surface area contributed by atoms with Crippen LogP contribution in [0.1, 0.15) is 25.7 Å². The van der Waals surface area contributed by atoms with E-state index in [9.17, 15) is 0 Å². The first-order chi connectivity index (χ1) is 13.9. The summed E-state index contributed by atoms with van der Waals surface area (Å²) in [6, 6.07) is 0. The summed E-state index contributed by atoms with van der Waals surface area (Å²) >= 11 is 3.18. The maximum atomic E-state index is 5.83. The van der Waals surface area contributed by atoms with E-state index in [-0.39, 0.29) is 12.2 Å². The van der Waals surface area contributed by atoms with Gasteiger partial charge in [0.15, 0.2) is 35.2 Å². The van der Waals surface area contributed by atoms with Crippen molar-refractivity contribution in [3.63, 3.8) is 0 Å². The minimum atomic E-state index is -0.00774. The van der Waals surface area contributed by atoms with Crippen LogP contribution in [0.5, 0.6) is 23.0 Å². The molecule has 4 heterocycles. The molecule has 2 atom stereocenters. The van der Waals surface area contributed by atoms with Crippen LogP contribution in [0.4, 0.5) is 0 Å². The lowest BCUT2D eigenvalue weighted by Gasteiger charge is -2.24. The molecule has 0 saturated heterocycles. The number of thiophene rings is 2. The Hall–Kier alpha value is -1.48. The lowest BCUT2D eigenvalue weighted by Crippen LogP contribution is -2.33. The Morgan fingerprint density at radius 2 is 1.14 bits per heavy atom. The molecule has 0 N–H and O–H groups in total. The van der Waals surface area contributed by atoms with Gasteiger partial charge in [-0.1, -0.05) is 12.8 Å². The molecule has 154 valence electrons. The highest BCUT2D eigenvalue weighted by Gasteiger charge is 2.22. The Morgan fingerprint density at radius 1 is 0.679 bits per heavy atom.